The Hall–Kier alpha value is -0.530. The molecule has 0 atom stereocenters. The summed E-state index contributed by atoms with van der Waals surface area (Å²) in [6, 6.07) is 0. The van der Waals surface area contributed by atoms with E-state index in [4.69, 9.17) is 4.74 Å². The van der Waals surface area contributed by atoms with Gasteiger partial charge in [-0.25, -0.2) is 0 Å². The minimum Gasteiger partial charge on any atom is -0.460 e. The van der Waals surface area contributed by atoms with E-state index in [1.54, 1.807) is 0 Å². The third-order valence-corrected chi connectivity index (χ3v) is 3.65. The molecule has 0 N–H and O–H groups in total. The van der Waals surface area contributed by atoms with Gasteiger partial charge in [-0.3, -0.25) is 4.79 Å². The average Bonchev–Trinajstić information content (AvgIpc) is 2.17. The van der Waals surface area contributed by atoms with Gasteiger partial charge in [-0.05, 0) is 57.8 Å². The minimum absolute atomic E-state index is 0.0187. The second kappa shape index (κ2) is 6.58. The first-order valence-electron chi connectivity index (χ1n) is 7.48. The van der Waals surface area contributed by atoms with Crippen molar-refractivity contribution in [2.75, 3.05) is 0 Å². The minimum atomic E-state index is -0.341. The molecule has 0 aliphatic heterocycles. The molecule has 0 bridgehead atoms. The first-order chi connectivity index (χ1) is 8.26. The summed E-state index contributed by atoms with van der Waals surface area (Å²) < 4.78 is 5.39. The van der Waals surface area contributed by atoms with Crippen LogP contribution in [-0.4, -0.2) is 11.6 Å². The summed E-state index contributed by atoms with van der Waals surface area (Å²) in [5.41, 5.74) is -0.341. The Morgan fingerprint density at radius 1 is 1.11 bits per heavy atom. The topological polar surface area (TPSA) is 26.3 Å². The van der Waals surface area contributed by atoms with E-state index in [-0.39, 0.29) is 11.6 Å². The molecule has 0 aromatic rings. The van der Waals surface area contributed by atoms with Crippen molar-refractivity contribution in [1.82, 2.24) is 0 Å². The molecule has 2 heteroatoms. The Kier molecular flexibility index (Phi) is 5.68. The van der Waals surface area contributed by atoms with E-state index in [2.05, 4.69) is 13.8 Å². The summed E-state index contributed by atoms with van der Waals surface area (Å²) in [7, 11) is 0. The van der Waals surface area contributed by atoms with Crippen LogP contribution in [0, 0.1) is 17.8 Å². The molecular formula is C16H30O2. The number of hydrogen-bond acceptors (Lipinski definition) is 2. The highest BCUT2D eigenvalue weighted by molar-refractivity contribution is 5.70. The van der Waals surface area contributed by atoms with Crippen LogP contribution in [0.2, 0.25) is 0 Å². The molecule has 18 heavy (non-hydrogen) atoms. The second-order valence-electron chi connectivity index (χ2n) is 7.31. The quantitative estimate of drug-likeness (QED) is 0.687. The smallest absolute Gasteiger partial charge is 0.306 e. The molecule has 1 fully saturated rings. The Bertz CT molecular complexity index is 255. The van der Waals surface area contributed by atoms with Crippen LogP contribution in [0.4, 0.5) is 0 Å². The maximum Gasteiger partial charge on any atom is 0.306 e. The van der Waals surface area contributed by atoms with E-state index in [1.165, 1.54) is 32.1 Å². The number of carbonyl (C=O) groups excluding carboxylic acids is 1. The third-order valence-electron chi connectivity index (χ3n) is 3.65. The van der Waals surface area contributed by atoms with Crippen molar-refractivity contribution < 1.29 is 9.53 Å². The van der Waals surface area contributed by atoms with Gasteiger partial charge >= 0.3 is 5.97 Å². The molecule has 106 valence electrons. The molecule has 0 saturated heterocycles. The predicted octanol–water partition coefficient (Wildman–Crippen LogP) is 4.57. The molecule has 0 aromatic carbocycles. The lowest BCUT2D eigenvalue weighted by molar-refractivity contribution is -0.156. The zero-order valence-corrected chi connectivity index (χ0v) is 12.8. The molecule has 1 saturated carbocycles. The van der Waals surface area contributed by atoms with Crippen molar-refractivity contribution in [2.24, 2.45) is 17.8 Å². The second-order valence-corrected chi connectivity index (χ2v) is 7.31. The van der Waals surface area contributed by atoms with Crippen molar-refractivity contribution in [1.29, 1.82) is 0 Å². The van der Waals surface area contributed by atoms with Crippen molar-refractivity contribution in [2.45, 2.75) is 78.7 Å². The van der Waals surface area contributed by atoms with E-state index in [0.29, 0.717) is 12.3 Å². The fourth-order valence-electron chi connectivity index (χ4n) is 2.96. The maximum absolute atomic E-state index is 11.8. The first kappa shape index (κ1) is 15.5. The van der Waals surface area contributed by atoms with Crippen LogP contribution >= 0.6 is 0 Å². The summed E-state index contributed by atoms with van der Waals surface area (Å²) in [5.74, 6) is 2.23. The summed E-state index contributed by atoms with van der Waals surface area (Å²) in [6.45, 7) is 10.4. The molecule has 1 aliphatic rings. The molecule has 0 spiro atoms. The Morgan fingerprint density at radius 3 is 2.06 bits per heavy atom. The first-order valence-corrected chi connectivity index (χ1v) is 7.48. The Balaban J connectivity index is 2.25. The number of carbonyl (C=O) groups is 1. The molecule has 0 heterocycles. The molecule has 1 rings (SSSR count). The van der Waals surface area contributed by atoms with Gasteiger partial charge in [0, 0.05) is 6.42 Å². The molecule has 0 aromatic heterocycles. The summed E-state index contributed by atoms with van der Waals surface area (Å²) in [6.07, 6.45) is 6.97. The van der Waals surface area contributed by atoms with Crippen LogP contribution in [0.5, 0.6) is 0 Å². The van der Waals surface area contributed by atoms with Gasteiger partial charge in [0.05, 0.1) is 0 Å². The monoisotopic (exact) mass is 254 g/mol. The van der Waals surface area contributed by atoms with Crippen LogP contribution in [0.1, 0.15) is 73.1 Å². The standard InChI is InChI=1S/C16H30O2/c1-12(2)10-13-6-8-14(9-7-13)11-15(17)18-16(3,4)5/h12-14H,6-11H2,1-5H3. The van der Waals surface area contributed by atoms with Crippen LogP contribution in [0.15, 0.2) is 0 Å². The maximum atomic E-state index is 11.8. The van der Waals surface area contributed by atoms with Gasteiger partial charge in [0.2, 0.25) is 0 Å². The highest BCUT2D eigenvalue weighted by Crippen LogP contribution is 2.34. The lowest BCUT2D eigenvalue weighted by Crippen LogP contribution is -2.26. The molecular weight excluding hydrogens is 224 g/mol. The van der Waals surface area contributed by atoms with Gasteiger partial charge in [0.15, 0.2) is 0 Å². The lowest BCUT2D eigenvalue weighted by atomic mass is 9.77. The Morgan fingerprint density at radius 2 is 1.61 bits per heavy atom. The van der Waals surface area contributed by atoms with Crippen molar-refractivity contribution in [3.8, 4) is 0 Å². The van der Waals surface area contributed by atoms with Crippen LogP contribution in [0.3, 0.4) is 0 Å². The average molecular weight is 254 g/mol. The molecule has 0 unspecified atom stereocenters. The van der Waals surface area contributed by atoms with E-state index in [1.807, 2.05) is 20.8 Å². The fourth-order valence-corrected chi connectivity index (χ4v) is 2.96. The number of rotatable bonds is 4. The predicted molar refractivity (Wildman–Crippen MR) is 75.4 cm³/mol. The van der Waals surface area contributed by atoms with Gasteiger partial charge in [-0.15, -0.1) is 0 Å². The fraction of sp³-hybridized carbons (Fsp3) is 0.938. The van der Waals surface area contributed by atoms with Crippen molar-refractivity contribution >= 4 is 5.97 Å². The van der Waals surface area contributed by atoms with Gasteiger partial charge in [0.25, 0.3) is 0 Å². The lowest BCUT2D eigenvalue weighted by Gasteiger charge is -2.29. The summed E-state index contributed by atoms with van der Waals surface area (Å²) in [4.78, 5) is 11.8. The zero-order valence-electron chi connectivity index (χ0n) is 12.8. The van der Waals surface area contributed by atoms with Crippen molar-refractivity contribution in [3.63, 3.8) is 0 Å². The van der Waals surface area contributed by atoms with Gasteiger partial charge in [-0.2, -0.15) is 0 Å². The zero-order chi connectivity index (χ0) is 13.8. The summed E-state index contributed by atoms with van der Waals surface area (Å²) in [5, 5.41) is 0. The van der Waals surface area contributed by atoms with Gasteiger partial charge in [-0.1, -0.05) is 26.7 Å². The molecule has 0 radical (unpaired) electrons. The normalized spacial score (nSPS) is 25.2. The SMILES string of the molecule is CC(C)CC1CCC(CC(=O)OC(C)(C)C)CC1. The largest absolute Gasteiger partial charge is 0.460 e. The molecule has 0 amide bonds. The number of esters is 1. The molecule has 1 aliphatic carbocycles. The van der Waals surface area contributed by atoms with E-state index < -0.39 is 0 Å². The third kappa shape index (κ3) is 6.42. The summed E-state index contributed by atoms with van der Waals surface area (Å²) >= 11 is 0. The highest BCUT2D eigenvalue weighted by atomic mass is 16.6. The Labute approximate surface area is 112 Å². The van der Waals surface area contributed by atoms with Crippen LogP contribution in [-0.2, 0) is 9.53 Å². The molecule has 2 nitrogen and oxygen atoms in total. The van der Waals surface area contributed by atoms with E-state index >= 15 is 0 Å². The van der Waals surface area contributed by atoms with Crippen LogP contribution in [0.25, 0.3) is 0 Å². The highest BCUT2D eigenvalue weighted by Gasteiger charge is 2.25. The van der Waals surface area contributed by atoms with Crippen LogP contribution < -0.4 is 0 Å². The van der Waals surface area contributed by atoms with E-state index in [0.717, 1.165) is 11.8 Å². The number of hydrogen-bond donors (Lipinski definition) is 0. The van der Waals surface area contributed by atoms with Crippen molar-refractivity contribution in [3.05, 3.63) is 0 Å². The van der Waals surface area contributed by atoms with E-state index in [9.17, 15) is 4.79 Å². The van der Waals surface area contributed by atoms with Gasteiger partial charge < -0.3 is 4.74 Å². The van der Waals surface area contributed by atoms with Gasteiger partial charge in [0.1, 0.15) is 5.60 Å². The number of ether oxygens (including phenoxy) is 1.